The molecule has 0 amide bonds. The van der Waals surface area contributed by atoms with Crippen LogP contribution in [0.25, 0.3) is 0 Å². The lowest BCUT2D eigenvalue weighted by molar-refractivity contribution is -0.137. The van der Waals surface area contributed by atoms with Crippen molar-refractivity contribution in [1.82, 2.24) is 0 Å². The Bertz CT molecular complexity index is 486. The van der Waals surface area contributed by atoms with E-state index in [2.05, 4.69) is 21.2 Å². The minimum Gasteiger partial charge on any atom is -0.381 e. The lowest BCUT2D eigenvalue weighted by Gasteiger charge is -2.25. The molecule has 0 radical (unpaired) electrons. The zero-order chi connectivity index (χ0) is 13.6. The van der Waals surface area contributed by atoms with Crippen LogP contribution in [0.1, 0.15) is 31.2 Å². The summed E-state index contributed by atoms with van der Waals surface area (Å²) in [6, 6.07) is 4.11. The van der Waals surface area contributed by atoms with Crippen molar-refractivity contribution in [2.75, 3.05) is 5.32 Å². The maximum absolute atomic E-state index is 12.7. The van der Waals surface area contributed by atoms with Crippen LogP contribution < -0.4 is 5.32 Å². The number of benzene rings is 1. The molecule has 19 heavy (non-hydrogen) atoms. The second-order valence-corrected chi connectivity index (χ2v) is 6.47. The molecule has 1 N–H and O–H groups in total. The molecule has 3 rings (SSSR count). The molecule has 0 spiro atoms. The summed E-state index contributed by atoms with van der Waals surface area (Å²) < 4.78 is 38.9. The SMILES string of the molecule is FC(F)(F)c1ccc(Br)c(NC2CC3CCC2C3)c1. The number of anilines is 1. The summed E-state index contributed by atoms with van der Waals surface area (Å²) in [6.07, 6.45) is 0.527. The van der Waals surface area contributed by atoms with E-state index in [9.17, 15) is 13.2 Å². The van der Waals surface area contributed by atoms with Gasteiger partial charge in [-0.05, 0) is 65.2 Å². The van der Waals surface area contributed by atoms with E-state index < -0.39 is 11.7 Å². The van der Waals surface area contributed by atoms with Crippen molar-refractivity contribution in [2.24, 2.45) is 11.8 Å². The van der Waals surface area contributed by atoms with E-state index in [0.29, 0.717) is 22.1 Å². The van der Waals surface area contributed by atoms with Gasteiger partial charge in [0, 0.05) is 16.2 Å². The van der Waals surface area contributed by atoms with Crippen LogP contribution in [-0.2, 0) is 6.18 Å². The Morgan fingerprint density at radius 1 is 1.16 bits per heavy atom. The molecule has 0 heterocycles. The van der Waals surface area contributed by atoms with Gasteiger partial charge < -0.3 is 5.32 Å². The summed E-state index contributed by atoms with van der Waals surface area (Å²) in [5.41, 5.74) is -0.0336. The van der Waals surface area contributed by atoms with Crippen LogP contribution in [-0.4, -0.2) is 6.04 Å². The molecule has 1 nitrogen and oxygen atoms in total. The Labute approximate surface area is 118 Å². The average molecular weight is 334 g/mol. The van der Waals surface area contributed by atoms with Crippen molar-refractivity contribution in [3.05, 3.63) is 28.2 Å². The number of alkyl halides is 3. The van der Waals surface area contributed by atoms with Gasteiger partial charge in [0.05, 0.1) is 5.56 Å². The highest BCUT2D eigenvalue weighted by Crippen LogP contribution is 2.46. The summed E-state index contributed by atoms with van der Waals surface area (Å²) in [4.78, 5) is 0. The Kier molecular flexibility index (Phi) is 3.28. The molecule has 104 valence electrons. The molecule has 3 atom stereocenters. The van der Waals surface area contributed by atoms with Crippen molar-refractivity contribution in [3.8, 4) is 0 Å². The molecular weight excluding hydrogens is 319 g/mol. The first-order valence-electron chi connectivity index (χ1n) is 6.57. The highest BCUT2D eigenvalue weighted by molar-refractivity contribution is 9.10. The maximum atomic E-state index is 12.7. The number of halogens is 4. The fraction of sp³-hybridized carbons (Fsp3) is 0.571. The fourth-order valence-corrected chi connectivity index (χ4v) is 3.79. The van der Waals surface area contributed by atoms with Crippen molar-refractivity contribution in [2.45, 2.75) is 37.9 Å². The van der Waals surface area contributed by atoms with Crippen LogP contribution in [0.15, 0.2) is 22.7 Å². The average Bonchev–Trinajstić information content (AvgIpc) is 2.92. The number of nitrogens with one attached hydrogen (secondary N) is 1. The van der Waals surface area contributed by atoms with Gasteiger partial charge >= 0.3 is 6.18 Å². The first-order valence-corrected chi connectivity index (χ1v) is 7.36. The van der Waals surface area contributed by atoms with Gasteiger partial charge in [0.25, 0.3) is 0 Å². The number of rotatable bonds is 2. The second kappa shape index (κ2) is 4.69. The molecule has 3 unspecified atom stereocenters. The Morgan fingerprint density at radius 3 is 2.53 bits per heavy atom. The molecule has 5 heteroatoms. The molecule has 1 aromatic rings. The van der Waals surface area contributed by atoms with Gasteiger partial charge in [-0.25, -0.2) is 0 Å². The van der Waals surface area contributed by atoms with E-state index in [0.717, 1.165) is 18.4 Å². The molecule has 1 aromatic carbocycles. The predicted octanol–water partition coefficient (Wildman–Crippen LogP) is 5.07. The third-order valence-electron chi connectivity index (χ3n) is 4.37. The summed E-state index contributed by atoms with van der Waals surface area (Å²) in [5.74, 6) is 1.40. The lowest BCUT2D eigenvalue weighted by Crippen LogP contribution is -2.26. The first-order chi connectivity index (χ1) is 8.93. The van der Waals surface area contributed by atoms with E-state index >= 15 is 0 Å². The Morgan fingerprint density at radius 2 is 1.95 bits per heavy atom. The van der Waals surface area contributed by atoms with Crippen molar-refractivity contribution < 1.29 is 13.2 Å². The smallest absolute Gasteiger partial charge is 0.381 e. The molecule has 0 aliphatic heterocycles. The van der Waals surface area contributed by atoms with E-state index in [-0.39, 0.29) is 0 Å². The van der Waals surface area contributed by atoms with Gasteiger partial charge in [0.15, 0.2) is 0 Å². The highest BCUT2D eigenvalue weighted by atomic mass is 79.9. The number of fused-ring (bicyclic) bond motifs is 2. The van der Waals surface area contributed by atoms with Crippen LogP contribution in [0.3, 0.4) is 0 Å². The van der Waals surface area contributed by atoms with E-state index in [1.807, 2.05) is 0 Å². The normalized spacial score (nSPS) is 29.8. The van der Waals surface area contributed by atoms with E-state index in [4.69, 9.17) is 0 Å². The van der Waals surface area contributed by atoms with Gasteiger partial charge in [0.2, 0.25) is 0 Å². The van der Waals surface area contributed by atoms with Crippen LogP contribution in [0.2, 0.25) is 0 Å². The Balaban J connectivity index is 1.80. The van der Waals surface area contributed by atoms with Crippen LogP contribution >= 0.6 is 15.9 Å². The summed E-state index contributed by atoms with van der Waals surface area (Å²) in [5, 5.41) is 3.31. The third-order valence-corrected chi connectivity index (χ3v) is 5.06. The van der Waals surface area contributed by atoms with Gasteiger partial charge in [-0.15, -0.1) is 0 Å². The van der Waals surface area contributed by atoms with E-state index in [1.54, 1.807) is 0 Å². The topological polar surface area (TPSA) is 12.0 Å². The largest absolute Gasteiger partial charge is 0.416 e. The second-order valence-electron chi connectivity index (χ2n) is 5.62. The van der Waals surface area contributed by atoms with Crippen LogP contribution in [0.4, 0.5) is 18.9 Å². The summed E-state index contributed by atoms with van der Waals surface area (Å²) in [6.45, 7) is 0. The fourth-order valence-electron chi connectivity index (χ4n) is 3.43. The van der Waals surface area contributed by atoms with Gasteiger partial charge in [-0.3, -0.25) is 0 Å². The molecule has 2 saturated carbocycles. The molecule has 2 aliphatic carbocycles. The zero-order valence-electron chi connectivity index (χ0n) is 10.3. The molecular formula is C14H15BrF3N. The molecule has 2 bridgehead atoms. The Hall–Kier alpha value is -0.710. The highest BCUT2D eigenvalue weighted by Gasteiger charge is 2.39. The molecule has 0 aromatic heterocycles. The van der Waals surface area contributed by atoms with Gasteiger partial charge in [0.1, 0.15) is 0 Å². The maximum Gasteiger partial charge on any atom is 0.416 e. The molecule has 2 fully saturated rings. The van der Waals surface area contributed by atoms with Crippen molar-refractivity contribution in [1.29, 1.82) is 0 Å². The monoisotopic (exact) mass is 333 g/mol. The summed E-state index contributed by atoms with van der Waals surface area (Å²) in [7, 11) is 0. The predicted molar refractivity (Wildman–Crippen MR) is 72.0 cm³/mol. The standard InChI is InChI=1S/C14H15BrF3N/c15-11-4-3-10(14(16,17)18)7-13(11)19-12-6-8-1-2-9(12)5-8/h3-4,7-9,12,19H,1-2,5-6H2. The van der Waals surface area contributed by atoms with Crippen molar-refractivity contribution >= 4 is 21.6 Å². The number of hydrogen-bond acceptors (Lipinski definition) is 1. The first kappa shape index (κ1) is 13.3. The molecule has 0 saturated heterocycles. The lowest BCUT2D eigenvalue weighted by atomic mass is 9.95. The number of hydrogen-bond donors (Lipinski definition) is 1. The van der Waals surface area contributed by atoms with Crippen LogP contribution in [0, 0.1) is 11.8 Å². The van der Waals surface area contributed by atoms with Gasteiger partial charge in [-0.1, -0.05) is 6.42 Å². The van der Waals surface area contributed by atoms with E-state index in [1.165, 1.54) is 31.4 Å². The minimum absolute atomic E-state index is 0.332. The molecule has 2 aliphatic rings. The third kappa shape index (κ3) is 2.62. The quantitative estimate of drug-likeness (QED) is 0.796. The van der Waals surface area contributed by atoms with Gasteiger partial charge in [-0.2, -0.15) is 13.2 Å². The summed E-state index contributed by atoms with van der Waals surface area (Å²) >= 11 is 3.33. The van der Waals surface area contributed by atoms with Crippen LogP contribution in [0.5, 0.6) is 0 Å². The minimum atomic E-state index is -4.29. The van der Waals surface area contributed by atoms with Crippen molar-refractivity contribution in [3.63, 3.8) is 0 Å². The zero-order valence-corrected chi connectivity index (χ0v) is 11.9.